The fourth-order valence-corrected chi connectivity index (χ4v) is 3.25. The highest BCUT2D eigenvalue weighted by Gasteiger charge is 2.02. The van der Waals surface area contributed by atoms with Crippen molar-refractivity contribution in [1.82, 2.24) is 4.90 Å². The first-order valence-corrected chi connectivity index (χ1v) is 9.68. The molecule has 24 heavy (non-hydrogen) atoms. The molecule has 0 aliphatic heterocycles. The molecule has 2 radical (unpaired) electrons. The Kier molecular flexibility index (Phi) is 7.96. The molecular formula is C21H27NOSi. The van der Waals surface area contributed by atoms with Gasteiger partial charge in [-0.3, -0.25) is 0 Å². The largest absolute Gasteiger partial charge is 0.385 e. The van der Waals surface area contributed by atoms with Crippen LogP contribution >= 0.6 is 0 Å². The van der Waals surface area contributed by atoms with Crippen LogP contribution in [0.5, 0.6) is 0 Å². The number of benzene rings is 2. The minimum atomic E-state index is 0.706. The maximum atomic E-state index is 5.74. The van der Waals surface area contributed by atoms with Crippen LogP contribution in [0.2, 0.25) is 0 Å². The average molecular weight is 338 g/mol. The van der Waals surface area contributed by atoms with Gasteiger partial charge in [0, 0.05) is 12.8 Å². The van der Waals surface area contributed by atoms with Crippen LogP contribution in [0.15, 0.2) is 61.2 Å². The molecule has 0 bridgehead atoms. The number of hydrogen-bond acceptors (Lipinski definition) is 2. The van der Waals surface area contributed by atoms with E-state index in [1.165, 1.54) is 22.7 Å². The lowest BCUT2D eigenvalue weighted by molar-refractivity contribution is 0.170. The Morgan fingerprint density at radius 3 is 2.29 bits per heavy atom. The second kappa shape index (κ2) is 10.2. The number of hydrogen-bond donors (Lipinski definition) is 0. The molecule has 0 saturated carbocycles. The third kappa shape index (κ3) is 6.44. The molecule has 0 unspecified atom stereocenters. The van der Waals surface area contributed by atoms with E-state index >= 15 is 0 Å². The Morgan fingerprint density at radius 1 is 0.958 bits per heavy atom. The Bertz CT molecular complexity index is 607. The second-order valence-electron chi connectivity index (χ2n) is 6.16. The van der Waals surface area contributed by atoms with Gasteiger partial charge in [0.2, 0.25) is 0 Å². The van der Waals surface area contributed by atoms with Crippen molar-refractivity contribution in [2.75, 3.05) is 33.5 Å². The molecule has 2 rings (SSSR count). The molecule has 0 aliphatic rings. The quantitative estimate of drug-likeness (QED) is 0.487. The number of unbranched alkanes of at least 4 members (excludes halogenated alkanes) is 1. The van der Waals surface area contributed by atoms with Crippen LogP contribution in [0.25, 0.3) is 5.57 Å². The van der Waals surface area contributed by atoms with E-state index in [2.05, 4.69) is 62.0 Å². The minimum absolute atomic E-state index is 0.706. The molecule has 126 valence electrons. The van der Waals surface area contributed by atoms with Crippen LogP contribution in [0.1, 0.15) is 24.0 Å². The summed E-state index contributed by atoms with van der Waals surface area (Å²) in [6.07, 6.45) is 3.16. The molecule has 0 aromatic heterocycles. The molecule has 0 spiro atoms. The highest BCUT2D eigenvalue weighted by Crippen LogP contribution is 2.20. The monoisotopic (exact) mass is 337 g/mol. The standard InChI is InChI=1S/C21H27NOSi/c1-18(19-9-5-4-6-10-19)20-11-13-21(14-12-20)24-17-23-16-8-7-15-22(2)3/h4-6,9-14H,1,7-8,15-17H2,2-3H3. The molecule has 2 nitrogen and oxygen atoms in total. The lowest BCUT2D eigenvalue weighted by atomic mass is 10.00. The van der Waals surface area contributed by atoms with Gasteiger partial charge in [0.15, 0.2) is 0 Å². The van der Waals surface area contributed by atoms with Gasteiger partial charge in [0.1, 0.15) is 9.52 Å². The van der Waals surface area contributed by atoms with Gasteiger partial charge in [0.05, 0.1) is 0 Å². The van der Waals surface area contributed by atoms with Crippen molar-refractivity contribution in [3.05, 3.63) is 72.3 Å². The smallest absolute Gasteiger partial charge is 0.114 e. The van der Waals surface area contributed by atoms with Crippen molar-refractivity contribution in [1.29, 1.82) is 0 Å². The second-order valence-corrected chi connectivity index (χ2v) is 7.38. The fourth-order valence-electron chi connectivity index (χ4n) is 2.43. The lowest BCUT2D eigenvalue weighted by Crippen LogP contribution is -2.20. The van der Waals surface area contributed by atoms with E-state index in [1.54, 1.807) is 0 Å². The van der Waals surface area contributed by atoms with Crippen molar-refractivity contribution in [3.8, 4) is 0 Å². The highest BCUT2D eigenvalue weighted by atomic mass is 28.2. The van der Waals surface area contributed by atoms with Crippen molar-refractivity contribution >= 4 is 20.3 Å². The zero-order valence-electron chi connectivity index (χ0n) is 14.8. The molecule has 0 N–H and O–H groups in total. The van der Waals surface area contributed by atoms with Crippen molar-refractivity contribution in [3.63, 3.8) is 0 Å². The van der Waals surface area contributed by atoms with Gasteiger partial charge < -0.3 is 9.64 Å². The predicted octanol–water partition coefficient (Wildman–Crippen LogP) is 3.39. The molecule has 0 amide bonds. The van der Waals surface area contributed by atoms with E-state index < -0.39 is 0 Å². The summed E-state index contributed by atoms with van der Waals surface area (Å²) in [4.78, 5) is 2.21. The first kappa shape index (κ1) is 18.7. The van der Waals surface area contributed by atoms with E-state index in [-0.39, 0.29) is 0 Å². The van der Waals surface area contributed by atoms with Crippen LogP contribution < -0.4 is 5.19 Å². The van der Waals surface area contributed by atoms with Crippen molar-refractivity contribution < 1.29 is 4.74 Å². The van der Waals surface area contributed by atoms with Gasteiger partial charge in [-0.2, -0.15) is 0 Å². The summed E-state index contributed by atoms with van der Waals surface area (Å²) in [6, 6.07) is 19.0. The van der Waals surface area contributed by atoms with Gasteiger partial charge in [0.25, 0.3) is 0 Å². The van der Waals surface area contributed by atoms with Crippen LogP contribution in [-0.4, -0.2) is 47.9 Å². The summed E-state index contributed by atoms with van der Waals surface area (Å²) >= 11 is 0. The normalized spacial score (nSPS) is 11.0. The van der Waals surface area contributed by atoms with Crippen LogP contribution in [0.3, 0.4) is 0 Å². The van der Waals surface area contributed by atoms with Gasteiger partial charge in [-0.15, -0.1) is 0 Å². The van der Waals surface area contributed by atoms with Crippen molar-refractivity contribution in [2.24, 2.45) is 0 Å². The Labute approximate surface area is 149 Å². The lowest BCUT2D eigenvalue weighted by Gasteiger charge is -2.09. The summed E-state index contributed by atoms with van der Waals surface area (Å²) in [5.74, 6) is 0. The number of rotatable bonds is 10. The zero-order chi connectivity index (χ0) is 17.2. The maximum absolute atomic E-state index is 5.74. The Balaban J connectivity index is 1.71. The number of nitrogens with zero attached hydrogens (tertiary/aromatic N) is 1. The van der Waals surface area contributed by atoms with E-state index in [9.17, 15) is 0 Å². The Hall–Kier alpha value is -1.68. The average Bonchev–Trinajstić information content (AvgIpc) is 2.61. The van der Waals surface area contributed by atoms with Crippen molar-refractivity contribution in [2.45, 2.75) is 12.8 Å². The molecule has 0 atom stereocenters. The van der Waals surface area contributed by atoms with Gasteiger partial charge in [-0.25, -0.2) is 0 Å². The summed E-state index contributed by atoms with van der Waals surface area (Å²) in [7, 11) is 4.92. The summed E-state index contributed by atoms with van der Waals surface area (Å²) in [6.45, 7) is 6.22. The highest BCUT2D eigenvalue weighted by molar-refractivity contribution is 6.53. The molecule has 3 heteroatoms. The van der Waals surface area contributed by atoms with Gasteiger partial charge in [-0.05, 0) is 50.2 Å². The Morgan fingerprint density at radius 2 is 1.62 bits per heavy atom. The molecule has 0 fully saturated rings. The van der Waals surface area contributed by atoms with Gasteiger partial charge in [-0.1, -0.05) is 66.4 Å². The van der Waals surface area contributed by atoms with Crippen LogP contribution in [-0.2, 0) is 4.74 Å². The molecule has 2 aromatic rings. The van der Waals surface area contributed by atoms with E-state index in [0.29, 0.717) is 9.52 Å². The predicted molar refractivity (Wildman–Crippen MR) is 105 cm³/mol. The SMILES string of the molecule is C=C(c1ccccc1)c1ccc([Si]COCCCCN(C)C)cc1. The van der Waals surface area contributed by atoms with Crippen LogP contribution in [0, 0.1) is 0 Å². The maximum Gasteiger partial charge on any atom is 0.114 e. The third-order valence-corrected chi connectivity index (χ3v) is 4.97. The first-order valence-electron chi connectivity index (χ1n) is 8.48. The van der Waals surface area contributed by atoms with Gasteiger partial charge >= 0.3 is 0 Å². The molecule has 2 aromatic carbocycles. The van der Waals surface area contributed by atoms with E-state index in [4.69, 9.17) is 4.74 Å². The van der Waals surface area contributed by atoms with E-state index in [1.807, 2.05) is 18.2 Å². The summed E-state index contributed by atoms with van der Waals surface area (Å²) < 4.78 is 5.74. The molecule has 0 aliphatic carbocycles. The zero-order valence-corrected chi connectivity index (χ0v) is 15.8. The number of ether oxygens (including phenoxy) is 1. The topological polar surface area (TPSA) is 12.5 Å². The summed E-state index contributed by atoms with van der Waals surface area (Å²) in [5.41, 5.74) is 3.43. The van der Waals surface area contributed by atoms with Crippen LogP contribution in [0.4, 0.5) is 0 Å². The van der Waals surface area contributed by atoms with E-state index in [0.717, 1.165) is 31.4 Å². The summed E-state index contributed by atoms with van der Waals surface area (Å²) in [5, 5.41) is 1.34. The molecule has 0 saturated heterocycles. The minimum Gasteiger partial charge on any atom is -0.385 e. The fraction of sp³-hybridized carbons (Fsp3) is 0.333. The molecular weight excluding hydrogens is 310 g/mol. The first-order chi connectivity index (χ1) is 11.7. The third-order valence-electron chi connectivity index (χ3n) is 3.88. The molecule has 0 heterocycles.